The predicted octanol–water partition coefficient (Wildman–Crippen LogP) is 5.32. The van der Waals surface area contributed by atoms with E-state index in [1.807, 2.05) is 24.5 Å². The number of halogens is 1. The normalized spacial score (nSPS) is 10.8. The van der Waals surface area contributed by atoms with Crippen LogP contribution in [-0.4, -0.2) is 21.6 Å². The number of benzene rings is 2. The first-order valence-electron chi connectivity index (χ1n) is 9.70. The molecule has 146 valence electrons. The smallest absolute Gasteiger partial charge is 0.225 e. The molecule has 4 nitrogen and oxygen atoms in total. The molecule has 0 fully saturated rings. The second-order valence-corrected chi connectivity index (χ2v) is 7.73. The van der Waals surface area contributed by atoms with Gasteiger partial charge in [-0.15, -0.1) is 0 Å². The number of aryl methyl sites for hydroxylation is 2. The van der Waals surface area contributed by atoms with Crippen LogP contribution in [0.5, 0.6) is 5.75 Å². The Morgan fingerprint density at radius 2 is 1.46 bits per heavy atom. The highest BCUT2D eigenvalue weighted by Crippen LogP contribution is 2.25. The molecule has 0 bridgehead atoms. The lowest BCUT2D eigenvalue weighted by molar-refractivity contribution is 0.471. The van der Waals surface area contributed by atoms with Crippen molar-refractivity contribution in [3.63, 3.8) is 0 Å². The molecule has 1 aromatic heterocycles. The molecule has 0 spiro atoms. The quantitative estimate of drug-likeness (QED) is 0.515. The van der Waals surface area contributed by atoms with Crippen molar-refractivity contribution in [3.05, 3.63) is 81.6 Å². The van der Waals surface area contributed by atoms with E-state index in [2.05, 4.69) is 68.9 Å². The highest BCUT2D eigenvalue weighted by atomic mass is 79.9. The fraction of sp³-hybridized carbons (Fsp3) is 0.304. The monoisotopic (exact) mass is 439 g/mol. The van der Waals surface area contributed by atoms with Crippen LogP contribution in [0.3, 0.4) is 0 Å². The largest absolute Gasteiger partial charge is 0.507 e. The van der Waals surface area contributed by atoms with Crippen LogP contribution in [0.25, 0.3) is 0 Å². The molecular weight excluding hydrogens is 414 g/mol. The molecule has 28 heavy (non-hydrogen) atoms. The van der Waals surface area contributed by atoms with Gasteiger partial charge < -0.3 is 10.0 Å². The van der Waals surface area contributed by atoms with Crippen molar-refractivity contribution in [3.8, 4) is 5.75 Å². The highest BCUT2D eigenvalue weighted by Gasteiger charge is 2.12. The first-order valence-corrected chi connectivity index (χ1v) is 10.5. The molecule has 0 aliphatic rings. The maximum atomic E-state index is 9.71. The Morgan fingerprint density at radius 1 is 0.857 bits per heavy atom. The SMILES string of the molecule is CCc1ccc(CN(CCc2ccc(O)c(Br)c2)c2ncc(CC)cn2)cc1. The molecule has 1 N–H and O–H groups in total. The number of phenolic OH excluding ortho intramolecular Hbond substituents is 1. The zero-order chi connectivity index (χ0) is 19.9. The summed E-state index contributed by atoms with van der Waals surface area (Å²) in [6.45, 7) is 5.82. The van der Waals surface area contributed by atoms with Crippen molar-refractivity contribution < 1.29 is 5.11 Å². The maximum Gasteiger partial charge on any atom is 0.225 e. The molecule has 5 heteroatoms. The van der Waals surface area contributed by atoms with Crippen LogP contribution in [0.4, 0.5) is 5.95 Å². The Bertz CT molecular complexity index is 895. The average molecular weight is 440 g/mol. The van der Waals surface area contributed by atoms with Crippen molar-refractivity contribution in [1.82, 2.24) is 9.97 Å². The minimum atomic E-state index is 0.259. The summed E-state index contributed by atoms with van der Waals surface area (Å²) in [6, 6.07) is 14.4. The molecule has 1 heterocycles. The third-order valence-corrected chi connectivity index (χ3v) is 5.51. The Balaban J connectivity index is 1.78. The van der Waals surface area contributed by atoms with Gasteiger partial charge in [0.05, 0.1) is 4.47 Å². The second-order valence-electron chi connectivity index (χ2n) is 6.87. The van der Waals surface area contributed by atoms with Gasteiger partial charge in [-0.2, -0.15) is 0 Å². The van der Waals surface area contributed by atoms with Crippen LogP contribution < -0.4 is 4.90 Å². The number of hydrogen-bond donors (Lipinski definition) is 1. The van der Waals surface area contributed by atoms with Crippen LogP contribution >= 0.6 is 15.9 Å². The summed E-state index contributed by atoms with van der Waals surface area (Å²) in [5.74, 6) is 1.00. The highest BCUT2D eigenvalue weighted by molar-refractivity contribution is 9.10. The van der Waals surface area contributed by atoms with Gasteiger partial charge in [0, 0.05) is 25.5 Å². The minimum absolute atomic E-state index is 0.259. The van der Waals surface area contributed by atoms with Crippen molar-refractivity contribution in [2.45, 2.75) is 39.7 Å². The first kappa shape index (κ1) is 20.3. The molecule has 3 rings (SSSR count). The van der Waals surface area contributed by atoms with Gasteiger partial charge in [-0.1, -0.05) is 44.2 Å². The summed E-state index contributed by atoms with van der Waals surface area (Å²) >= 11 is 3.39. The fourth-order valence-electron chi connectivity index (χ4n) is 3.01. The summed E-state index contributed by atoms with van der Waals surface area (Å²) in [7, 11) is 0. The number of hydrogen-bond acceptors (Lipinski definition) is 4. The van der Waals surface area contributed by atoms with Crippen LogP contribution in [0.15, 0.2) is 59.3 Å². The Morgan fingerprint density at radius 3 is 2.07 bits per heavy atom. The molecule has 0 amide bonds. The van der Waals surface area contributed by atoms with E-state index in [1.54, 1.807) is 6.07 Å². The summed E-state index contributed by atoms with van der Waals surface area (Å²) in [5, 5.41) is 9.71. The molecule has 0 aliphatic carbocycles. The standard InChI is InChI=1S/C23H26BrN3O/c1-3-17-5-7-20(8-6-17)16-27(23-25-14-18(4-2)15-26-23)12-11-19-9-10-22(28)21(24)13-19/h5-10,13-15,28H,3-4,11-12,16H2,1-2H3. The van der Waals surface area contributed by atoms with E-state index in [1.165, 1.54) is 11.1 Å². The first-order chi connectivity index (χ1) is 13.6. The molecular formula is C23H26BrN3O. The van der Waals surface area contributed by atoms with Gasteiger partial charge in [-0.25, -0.2) is 9.97 Å². The Labute approximate surface area is 175 Å². The van der Waals surface area contributed by atoms with E-state index in [9.17, 15) is 5.11 Å². The Kier molecular flexibility index (Phi) is 7.04. The molecule has 3 aromatic rings. The topological polar surface area (TPSA) is 49.2 Å². The third-order valence-electron chi connectivity index (χ3n) is 4.87. The zero-order valence-corrected chi connectivity index (χ0v) is 18.0. The molecule has 0 saturated heterocycles. The van der Waals surface area contributed by atoms with Crippen LogP contribution in [0.2, 0.25) is 0 Å². The van der Waals surface area contributed by atoms with Gasteiger partial charge in [0.2, 0.25) is 5.95 Å². The number of aromatic nitrogens is 2. The lowest BCUT2D eigenvalue weighted by Crippen LogP contribution is -2.27. The van der Waals surface area contributed by atoms with Gasteiger partial charge in [0.1, 0.15) is 5.75 Å². The van der Waals surface area contributed by atoms with Crippen molar-refractivity contribution in [2.75, 3.05) is 11.4 Å². The van der Waals surface area contributed by atoms with E-state index in [4.69, 9.17) is 0 Å². The predicted molar refractivity (Wildman–Crippen MR) is 118 cm³/mol. The van der Waals surface area contributed by atoms with E-state index in [0.717, 1.165) is 53.9 Å². The van der Waals surface area contributed by atoms with E-state index in [0.29, 0.717) is 0 Å². The van der Waals surface area contributed by atoms with Crippen molar-refractivity contribution in [1.29, 1.82) is 0 Å². The van der Waals surface area contributed by atoms with E-state index >= 15 is 0 Å². The number of anilines is 1. The zero-order valence-electron chi connectivity index (χ0n) is 16.4. The Hall–Kier alpha value is -2.40. The van der Waals surface area contributed by atoms with Gasteiger partial charge in [0.15, 0.2) is 0 Å². The van der Waals surface area contributed by atoms with Crippen molar-refractivity contribution >= 4 is 21.9 Å². The van der Waals surface area contributed by atoms with E-state index < -0.39 is 0 Å². The summed E-state index contributed by atoms with van der Waals surface area (Å²) in [5.41, 5.74) is 4.87. The van der Waals surface area contributed by atoms with Gasteiger partial charge in [-0.05, 0) is 69.6 Å². The fourth-order valence-corrected chi connectivity index (χ4v) is 3.44. The number of aromatic hydroxyl groups is 1. The van der Waals surface area contributed by atoms with Crippen LogP contribution in [0, 0.1) is 0 Å². The van der Waals surface area contributed by atoms with Crippen molar-refractivity contribution in [2.24, 2.45) is 0 Å². The van der Waals surface area contributed by atoms with Gasteiger partial charge in [-0.3, -0.25) is 0 Å². The lowest BCUT2D eigenvalue weighted by Gasteiger charge is -2.23. The number of phenols is 1. The molecule has 0 atom stereocenters. The minimum Gasteiger partial charge on any atom is -0.507 e. The molecule has 0 saturated carbocycles. The maximum absolute atomic E-state index is 9.71. The van der Waals surface area contributed by atoms with Crippen LogP contribution in [0.1, 0.15) is 36.1 Å². The summed E-state index contributed by atoms with van der Waals surface area (Å²) < 4.78 is 0.718. The molecule has 0 unspecified atom stereocenters. The second kappa shape index (κ2) is 9.69. The molecule has 0 aliphatic heterocycles. The van der Waals surface area contributed by atoms with E-state index in [-0.39, 0.29) is 5.75 Å². The van der Waals surface area contributed by atoms with Gasteiger partial charge in [0.25, 0.3) is 0 Å². The lowest BCUT2D eigenvalue weighted by atomic mass is 10.1. The third kappa shape index (κ3) is 5.32. The molecule has 2 aromatic carbocycles. The summed E-state index contributed by atoms with van der Waals surface area (Å²) in [6.07, 6.45) is 6.63. The number of nitrogens with zero attached hydrogens (tertiary/aromatic N) is 3. The van der Waals surface area contributed by atoms with Gasteiger partial charge >= 0.3 is 0 Å². The average Bonchev–Trinajstić information content (AvgIpc) is 2.74. The molecule has 0 radical (unpaired) electrons. The van der Waals surface area contributed by atoms with Crippen LogP contribution in [-0.2, 0) is 25.8 Å². The number of rotatable bonds is 8. The summed E-state index contributed by atoms with van der Waals surface area (Å²) in [4.78, 5) is 11.4.